The van der Waals surface area contributed by atoms with Crippen LogP contribution in [0, 0.1) is 0 Å². The fraction of sp³-hybridized carbons (Fsp3) is 0.292. The minimum atomic E-state index is -0.0943. The quantitative estimate of drug-likeness (QED) is 0.553. The molecular formula is C24H27N5O2. The molecule has 2 aromatic carbocycles. The Bertz CT molecular complexity index is 1050. The third-order valence-corrected chi connectivity index (χ3v) is 5.30. The number of hydrogen-bond donors (Lipinski definition) is 0. The minimum absolute atomic E-state index is 0.0797. The second-order valence-electron chi connectivity index (χ2n) is 7.62. The Labute approximate surface area is 182 Å². The summed E-state index contributed by atoms with van der Waals surface area (Å²) in [6, 6.07) is 18.1. The van der Waals surface area contributed by atoms with E-state index in [0.29, 0.717) is 18.8 Å². The third-order valence-electron chi connectivity index (χ3n) is 5.30. The van der Waals surface area contributed by atoms with Crippen LogP contribution in [-0.2, 0) is 11.3 Å². The van der Waals surface area contributed by atoms with Gasteiger partial charge in [0, 0.05) is 19.7 Å². The van der Waals surface area contributed by atoms with Crippen molar-refractivity contribution in [2.24, 2.45) is 0 Å². The molecule has 160 valence electrons. The van der Waals surface area contributed by atoms with Crippen molar-refractivity contribution in [3.05, 3.63) is 78.1 Å². The van der Waals surface area contributed by atoms with Crippen LogP contribution in [0.25, 0.3) is 6.08 Å². The van der Waals surface area contributed by atoms with Gasteiger partial charge in [0.15, 0.2) is 0 Å². The van der Waals surface area contributed by atoms with E-state index in [1.807, 2.05) is 54.7 Å². The third kappa shape index (κ3) is 5.12. The van der Waals surface area contributed by atoms with E-state index in [2.05, 4.69) is 28.2 Å². The van der Waals surface area contributed by atoms with Gasteiger partial charge in [-0.05, 0) is 30.7 Å². The van der Waals surface area contributed by atoms with Gasteiger partial charge in [-0.3, -0.25) is 4.79 Å². The normalized spacial score (nSPS) is 15.5. The summed E-state index contributed by atoms with van der Waals surface area (Å²) in [6.45, 7) is 4.93. The first-order valence-electron chi connectivity index (χ1n) is 10.5. The summed E-state index contributed by atoms with van der Waals surface area (Å²) in [5.74, 6) is 0.773. The van der Waals surface area contributed by atoms with Crippen LogP contribution in [-0.4, -0.2) is 58.6 Å². The lowest BCUT2D eigenvalue weighted by atomic mass is 10.2. The Hall–Kier alpha value is -3.61. The molecule has 7 nitrogen and oxygen atoms in total. The van der Waals surface area contributed by atoms with Gasteiger partial charge in [-0.15, -0.1) is 5.10 Å². The van der Waals surface area contributed by atoms with E-state index in [0.717, 1.165) is 30.1 Å². The van der Waals surface area contributed by atoms with Crippen molar-refractivity contribution in [2.75, 3.05) is 31.6 Å². The number of rotatable bonds is 7. The molecule has 0 saturated carbocycles. The van der Waals surface area contributed by atoms with Crippen molar-refractivity contribution in [1.82, 2.24) is 19.9 Å². The van der Waals surface area contributed by atoms with Gasteiger partial charge in [-0.25, -0.2) is 4.68 Å². The highest BCUT2D eigenvalue weighted by atomic mass is 16.5. The van der Waals surface area contributed by atoms with Crippen molar-refractivity contribution >= 4 is 17.7 Å². The Morgan fingerprint density at radius 3 is 2.77 bits per heavy atom. The molecule has 31 heavy (non-hydrogen) atoms. The first-order chi connectivity index (χ1) is 15.1. The largest absolute Gasteiger partial charge is 0.485 e. The van der Waals surface area contributed by atoms with Crippen LogP contribution in [0.3, 0.4) is 0 Å². The molecular weight excluding hydrogens is 390 g/mol. The second-order valence-corrected chi connectivity index (χ2v) is 7.62. The first kappa shape index (κ1) is 20.7. The molecule has 0 unspecified atom stereocenters. The number of anilines is 1. The number of carbonyl (C=O) groups excluding carboxylic acids is 1. The number of benzene rings is 2. The molecule has 0 bridgehead atoms. The Balaban J connectivity index is 1.33. The summed E-state index contributed by atoms with van der Waals surface area (Å²) < 4.78 is 7.88. The fourth-order valence-electron chi connectivity index (χ4n) is 3.69. The number of fused-ring (bicyclic) bond motifs is 1. The van der Waals surface area contributed by atoms with Gasteiger partial charge < -0.3 is 14.5 Å². The van der Waals surface area contributed by atoms with Gasteiger partial charge >= 0.3 is 0 Å². The topological polar surface area (TPSA) is 63.5 Å². The lowest BCUT2D eigenvalue weighted by Gasteiger charge is -2.37. The zero-order valence-electron chi connectivity index (χ0n) is 17.9. The van der Waals surface area contributed by atoms with Gasteiger partial charge in [0.1, 0.15) is 17.5 Å². The van der Waals surface area contributed by atoms with Crippen molar-refractivity contribution < 1.29 is 9.53 Å². The maximum Gasteiger partial charge on any atom is 0.246 e. The first-order valence-corrected chi connectivity index (χ1v) is 10.5. The van der Waals surface area contributed by atoms with Crippen LogP contribution < -0.4 is 9.64 Å². The maximum absolute atomic E-state index is 12.6. The van der Waals surface area contributed by atoms with Crippen LogP contribution >= 0.6 is 0 Å². The Morgan fingerprint density at radius 2 is 1.97 bits per heavy atom. The molecule has 1 aliphatic rings. The highest BCUT2D eigenvalue weighted by Gasteiger charge is 2.26. The highest BCUT2D eigenvalue weighted by Crippen LogP contribution is 2.32. The summed E-state index contributed by atoms with van der Waals surface area (Å²) >= 11 is 0. The lowest BCUT2D eigenvalue weighted by Crippen LogP contribution is -2.46. The SMILES string of the molecule is CCN1C[C@H](CN(C)C(=O)/C=C/c2cn(Cc3ccccc3)nn2)Oc2ccccc21. The average molecular weight is 418 g/mol. The van der Waals surface area contributed by atoms with Crippen LogP contribution in [0.5, 0.6) is 5.75 Å². The van der Waals surface area contributed by atoms with Crippen LogP contribution in [0.4, 0.5) is 5.69 Å². The molecule has 1 atom stereocenters. The van der Waals surface area contributed by atoms with Crippen LogP contribution in [0.15, 0.2) is 66.9 Å². The zero-order chi connectivity index (χ0) is 21.6. The number of likely N-dealkylation sites (N-methyl/N-ethyl adjacent to an activating group) is 2. The van der Waals surface area contributed by atoms with E-state index in [1.54, 1.807) is 22.7 Å². The van der Waals surface area contributed by atoms with Gasteiger partial charge in [0.2, 0.25) is 5.91 Å². The number of para-hydroxylation sites is 2. The summed E-state index contributed by atoms with van der Waals surface area (Å²) in [7, 11) is 1.79. The van der Waals surface area contributed by atoms with Gasteiger partial charge in [0.25, 0.3) is 0 Å². The smallest absolute Gasteiger partial charge is 0.246 e. The van der Waals surface area contributed by atoms with Gasteiger partial charge in [-0.2, -0.15) is 0 Å². The monoisotopic (exact) mass is 417 g/mol. The second kappa shape index (κ2) is 9.47. The number of aromatic nitrogens is 3. The number of amides is 1. The molecule has 0 aliphatic carbocycles. The predicted molar refractivity (Wildman–Crippen MR) is 121 cm³/mol. The summed E-state index contributed by atoms with van der Waals surface area (Å²) in [5, 5.41) is 8.26. The van der Waals surface area contributed by atoms with E-state index in [4.69, 9.17) is 4.74 Å². The molecule has 0 saturated heterocycles. The number of nitrogens with zero attached hydrogens (tertiary/aromatic N) is 5. The number of carbonyl (C=O) groups is 1. The molecule has 1 amide bonds. The Kier molecular flexibility index (Phi) is 6.31. The molecule has 3 aromatic rings. The highest BCUT2D eigenvalue weighted by molar-refractivity contribution is 5.91. The van der Waals surface area contributed by atoms with Crippen LogP contribution in [0.1, 0.15) is 18.2 Å². The molecule has 0 fully saturated rings. The fourth-order valence-corrected chi connectivity index (χ4v) is 3.69. The van der Waals surface area contributed by atoms with Crippen molar-refractivity contribution in [3.63, 3.8) is 0 Å². The molecule has 2 heterocycles. The number of ether oxygens (including phenoxy) is 1. The summed E-state index contributed by atoms with van der Waals surface area (Å²) in [5.41, 5.74) is 2.90. The summed E-state index contributed by atoms with van der Waals surface area (Å²) in [4.78, 5) is 16.6. The van der Waals surface area contributed by atoms with Crippen LogP contribution in [0.2, 0.25) is 0 Å². The molecule has 0 N–H and O–H groups in total. The van der Waals surface area contributed by atoms with Crippen molar-refractivity contribution in [2.45, 2.75) is 19.6 Å². The van der Waals surface area contributed by atoms with Crippen molar-refractivity contribution in [3.8, 4) is 5.75 Å². The van der Waals surface area contributed by atoms with Crippen molar-refractivity contribution in [1.29, 1.82) is 0 Å². The summed E-state index contributed by atoms with van der Waals surface area (Å²) in [6.07, 6.45) is 4.98. The minimum Gasteiger partial charge on any atom is -0.485 e. The molecule has 0 radical (unpaired) electrons. The Morgan fingerprint density at radius 1 is 1.19 bits per heavy atom. The van der Waals surface area contributed by atoms with Gasteiger partial charge in [-0.1, -0.05) is 47.7 Å². The van der Waals surface area contributed by atoms with E-state index in [-0.39, 0.29) is 12.0 Å². The standard InChI is InChI=1S/C24H27N5O2/c1-3-28-18-21(31-23-12-8-7-11-22(23)28)17-27(2)24(30)14-13-20-16-29(26-25-20)15-19-9-5-4-6-10-19/h4-14,16,21H,3,15,17-18H2,1-2H3/b14-13+/t21-/m0/s1. The zero-order valence-corrected chi connectivity index (χ0v) is 17.9. The molecule has 1 aliphatic heterocycles. The predicted octanol–water partition coefficient (Wildman–Crippen LogP) is 3.09. The molecule has 0 spiro atoms. The van der Waals surface area contributed by atoms with E-state index in [1.165, 1.54) is 6.08 Å². The molecule has 1 aromatic heterocycles. The maximum atomic E-state index is 12.6. The van der Waals surface area contributed by atoms with E-state index in [9.17, 15) is 4.79 Å². The lowest BCUT2D eigenvalue weighted by molar-refractivity contribution is -0.125. The van der Waals surface area contributed by atoms with E-state index >= 15 is 0 Å². The number of hydrogen-bond acceptors (Lipinski definition) is 5. The van der Waals surface area contributed by atoms with Gasteiger partial charge in [0.05, 0.1) is 31.5 Å². The molecule has 7 heteroatoms. The average Bonchev–Trinajstić information content (AvgIpc) is 3.24. The van der Waals surface area contributed by atoms with E-state index < -0.39 is 0 Å². The molecule has 4 rings (SSSR count).